The van der Waals surface area contributed by atoms with Crippen LogP contribution in [0.2, 0.25) is 0 Å². The summed E-state index contributed by atoms with van der Waals surface area (Å²) in [5.41, 5.74) is -0.767. The number of nitrogens with one attached hydrogen (secondary N) is 1. The second-order valence-corrected chi connectivity index (χ2v) is 12.0. The van der Waals surface area contributed by atoms with E-state index in [1.807, 2.05) is 41.5 Å². The molecule has 2 aliphatic rings. The van der Waals surface area contributed by atoms with E-state index in [9.17, 15) is 9.59 Å². The fraction of sp³-hybridized carbons (Fsp3) is 0.760. The van der Waals surface area contributed by atoms with E-state index in [1.54, 1.807) is 38.1 Å². The average Bonchev–Trinajstić information content (AvgIpc) is 3.30. The monoisotopic (exact) mass is 504 g/mol. The number of hydrogen-bond acceptors (Lipinski definition) is 8. The maximum Gasteiger partial charge on any atom is 0.498 e. The highest BCUT2D eigenvalue weighted by Gasteiger charge is 2.52. The molecule has 0 saturated carbocycles. The number of alkyl carbamates (subject to hydrolysis) is 1. The third-order valence-corrected chi connectivity index (χ3v) is 6.82. The van der Waals surface area contributed by atoms with Gasteiger partial charge in [-0.3, -0.25) is 4.79 Å². The fourth-order valence-corrected chi connectivity index (χ4v) is 4.01. The number of aromatic nitrogens is 2. The lowest BCUT2D eigenvalue weighted by atomic mass is 9.81. The molecule has 2 aliphatic heterocycles. The van der Waals surface area contributed by atoms with E-state index >= 15 is 0 Å². The molecule has 0 bridgehead atoms. The minimum atomic E-state index is -0.648. The molecule has 200 valence electrons. The van der Waals surface area contributed by atoms with Crippen molar-refractivity contribution in [1.82, 2.24) is 20.2 Å². The first kappa shape index (κ1) is 28.2. The summed E-state index contributed by atoms with van der Waals surface area (Å²) in [6.07, 6.45) is 3.53. The number of ether oxygens (including phenoxy) is 2. The molecule has 1 N–H and O–H groups in total. The first-order valence-electron chi connectivity index (χ1n) is 12.7. The minimum absolute atomic E-state index is 0.0730. The van der Waals surface area contributed by atoms with Crippen LogP contribution in [0, 0.1) is 11.8 Å². The Bertz CT molecular complexity index is 915. The Kier molecular flexibility index (Phi) is 8.25. The minimum Gasteiger partial charge on any atom is -0.463 e. The summed E-state index contributed by atoms with van der Waals surface area (Å²) < 4.78 is 23.2. The highest BCUT2D eigenvalue weighted by Crippen LogP contribution is 2.36. The lowest BCUT2D eigenvalue weighted by Gasteiger charge is -2.32. The van der Waals surface area contributed by atoms with Crippen LogP contribution < -0.4 is 15.5 Å². The predicted octanol–water partition coefficient (Wildman–Crippen LogP) is 2.55. The van der Waals surface area contributed by atoms with Gasteiger partial charge in [-0.2, -0.15) is 0 Å². The number of hydrogen-bond donors (Lipinski definition) is 1. The van der Waals surface area contributed by atoms with Gasteiger partial charge in [0.15, 0.2) is 0 Å². The van der Waals surface area contributed by atoms with Gasteiger partial charge in [-0.05, 0) is 60.8 Å². The first-order valence-corrected chi connectivity index (χ1v) is 12.7. The van der Waals surface area contributed by atoms with Gasteiger partial charge in [-0.15, -0.1) is 0 Å². The fourth-order valence-electron chi connectivity index (χ4n) is 4.01. The van der Waals surface area contributed by atoms with Crippen molar-refractivity contribution in [2.24, 2.45) is 11.8 Å². The van der Waals surface area contributed by atoms with Gasteiger partial charge in [-0.1, -0.05) is 13.8 Å². The number of likely N-dealkylation sites (tertiary alicyclic amines) is 1. The van der Waals surface area contributed by atoms with E-state index in [-0.39, 0.29) is 23.8 Å². The molecule has 2 amide bonds. The molecule has 0 aliphatic carbocycles. The number of amides is 2. The number of nitrogens with zero attached hydrogens (tertiary/aromatic N) is 3. The van der Waals surface area contributed by atoms with E-state index in [1.165, 1.54) is 0 Å². The van der Waals surface area contributed by atoms with Gasteiger partial charge in [0.2, 0.25) is 5.91 Å². The van der Waals surface area contributed by atoms with Crippen molar-refractivity contribution < 1.29 is 28.4 Å². The largest absolute Gasteiger partial charge is 0.498 e. The van der Waals surface area contributed by atoms with Gasteiger partial charge < -0.3 is 29.0 Å². The molecule has 0 aromatic carbocycles. The van der Waals surface area contributed by atoms with Crippen LogP contribution in [0.4, 0.5) is 4.79 Å². The summed E-state index contributed by atoms with van der Waals surface area (Å²) in [6.45, 7) is 18.7. The summed E-state index contributed by atoms with van der Waals surface area (Å²) >= 11 is 0. The molecule has 0 radical (unpaired) electrons. The zero-order chi connectivity index (χ0) is 26.9. The van der Waals surface area contributed by atoms with Crippen LogP contribution >= 0.6 is 0 Å². The maximum atomic E-state index is 13.1. The van der Waals surface area contributed by atoms with Crippen molar-refractivity contribution in [3.05, 3.63) is 12.4 Å². The van der Waals surface area contributed by atoms with E-state index in [2.05, 4.69) is 15.3 Å². The molecule has 3 heterocycles. The van der Waals surface area contributed by atoms with Crippen LogP contribution in [0.1, 0.15) is 68.7 Å². The third-order valence-electron chi connectivity index (χ3n) is 6.82. The van der Waals surface area contributed by atoms with Gasteiger partial charge >= 0.3 is 19.2 Å². The van der Waals surface area contributed by atoms with Crippen LogP contribution in [0.5, 0.6) is 6.01 Å². The molecule has 10 nitrogen and oxygen atoms in total. The van der Waals surface area contributed by atoms with Gasteiger partial charge in [-0.25, -0.2) is 14.8 Å². The SMILES string of the molecule is CC(C)[C@H](NC(=O)OC(C)(C)C)C(=O)N1CC[C@@H](COc2ncc(B3OC(C)(C)C(C)(C)O3)cn2)C1. The van der Waals surface area contributed by atoms with Gasteiger partial charge in [0.25, 0.3) is 0 Å². The van der Waals surface area contributed by atoms with Crippen molar-refractivity contribution in [2.75, 3.05) is 19.7 Å². The van der Waals surface area contributed by atoms with Crippen molar-refractivity contribution in [3.8, 4) is 6.01 Å². The van der Waals surface area contributed by atoms with Crippen LogP contribution in [-0.2, 0) is 18.8 Å². The van der Waals surface area contributed by atoms with Crippen molar-refractivity contribution in [2.45, 2.75) is 91.6 Å². The normalized spacial score (nSPS) is 22.0. The summed E-state index contributed by atoms with van der Waals surface area (Å²) in [4.78, 5) is 35.8. The maximum absolute atomic E-state index is 13.1. The smallest absolute Gasteiger partial charge is 0.463 e. The zero-order valence-electron chi connectivity index (χ0n) is 23.1. The molecular weight excluding hydrogens is 463 g/mol. The Morgan fingerprint density at radius 1 is 1.17 bits per heavy atom. The summed E-state index contributed by atoms with van der Waals surface area (Å²) in [5, 5.41) is 2.74. The Hall–Kier alpha value is -2.40. The van der Waals surface area contributed by atoms with E-state index < -0.39 is 36.1 Å². The molecule has 1 aromatic heterocycles. The van der Waals surface area contributed by atoms with Crippen molar-refractivity contribution in [1.29, 1.82) is 0 Å². The van der Waals surface area contributed by atoms with Gasteiger partial charge in [0.05, 0.1) is 17.8 Å². The molecule has 1 aromatic rings. The molecule has 2 saturated heterocycles. The zero-order valence-corrected chi connectivity index (χ0v) is 23.1. The van der Waals surface area contributed by atoms with Crippen LogP contribution in [0.25, 0.3) is 0 Å². The first-order chi connectivity index (χ1) is 16.6. The Morgan fingerprint density at radius 3 is 2.28 bits per heavy atom. The number of rotatable bonds is 7. The summed E-state index contributed by atoms with van der Waals surface area (Å²) in [6, 6.07) is -0.378. The second-order valence-electron chi connectivity index (χ2n) is 12.0. The van der Waals surface area contributed by atoms with Gasteiger partial charge in [0.1, 0.15) is 11.6 Å². The van der Waals surface area contributed by atoms with Gasteiger partial charge in [0, 0.05) is 36.9 Å². The molecule has 36 heavy (non-hydrogen) atoms. The van der Waals surface area contributed by atoms with E-state index in [0.717, 1.165) is 11.9 Å². The Balaban J connectivity index is 1.50. The summed E-state index contributed by atoms with van der Waals surface area (Å²) in [7, 11) is -0.526. The third kappa shape index (κ3) is 6.88. The Morgan fingerprint density at radius 2 is 1.75 bits per heavy atom. The number of carbonyl (C=O) groups is 2. The van der Waals surface area contributed by atoms with E-state index in [0.29, 0.717) is 19.7 Å². The predicted molar refractivity (Wildman–Crippen MR) is 136 cm³/mol. The second kappa shape index (κ2) is 10.5. The van der Waals surface area contributed by atoms with Crippen molar-refractivity contribution in [3.63, 3.8) is 0 Å². The average molecular weight is 504 g/mol. The topological polar surface area (TPSA) is 112 Å². The highest BCUT2D eigenvalue weighted by molar-refractivity contribution is 6.61. The molecule has 2 fully saturated rings. The Labute approximate surface area is 215 Å². The standard InChI is InChI=1S/C25H41BN4O6/c1-16(2)19(29-22(32)34-23(3,4)5)20(31)30-11-10-17(14-30)15-33-21-27-12-18(13-28-21)26-35-24(6,7)25(8,9)36-26/h12-13,16-17,19H,10-11,14-15H2,1-9H3,(H,29,32)/t17-,19+/m1/s1. The lowest BCUT2D eigenvalue weighted by Crippen LogP contribution is -2.51. The molecule has 0 unspecified atom stereocenters. The van der Waals surface area contributed by atoms with Crippen LogP contribution in [0.15, 0.2) is 12.4 Å². The number of carbonyl (C=O) groups excluding carboxylic acids is 2. The quantitative estimate of drug-likeness (QED) is 0.564. The molecule has 11 heteroatoms. The van der Waals surface area contributed by atoms with Crippen LogP contribution in [-0.4, -0.2) is 76.5 Å². The van der Waals surface area contributed by atoms with Crippen molar-refractivity contribution >= 4 is 24.6 Å². The lowest BCUT2D eigenvalue weighted by molar-refractivity contribution is -0.133. The molecule has 2 atom stereocenters. The summed E-state index contributed by atoms with van der Waals surface area (Å²) in [5.74, 6) is -0.0350. The molecular formula is C25H41BN4O6. The van der Waals surface area contributed by atoms with Crippen LogP contribution in [0.3, 0.4) is 0 Å². The molecule has 0 spiro atoms. The molecule has 3 rings (SSSR count). The van der Waals surface area contributed by atoms with E-state index in [4.69, 9.17) is 18.8 Å². The highest BCUT2D eigenvalue weighted by atomic mass is 16.7.